The number of nitrogens with two attached hydrogens (primary N) is 1. The molecular formula is C21H25N5O3. The van der Waals surface area contributed by atoms with E-state index in [9.17, 15) is 14.4 Å². The SMILES string of the molecule is CNc1ccc([C@H]2CC[C@H](C)CN2C(=O)C(=O)Nc2cncc(C(N)=O)c2)cc1. The van der Waals surface area contributed by atoms with E-state index >= 15 is 0 Å². The maximum Gasteiger partial charge on any atom is 0.313 e. The first-order valence-corrected chi connectivity index (χ1v) is 9.53. The molecule has 0 saturated carbocycles. The van der Waals surface area contributed by atoms with Gasteiger partial charge < -0.3 is 21.3 Å². The molecule has 3 amide bonds. The predicted octanol–water partition coefficient (Wildman–Crippen LogP) is 2.16. The summed E-state index contributed by atoms with van der Waals surface area (Å²) in [5, 5.41) is 5.60. The highest BCUT2D eigenvalue weighted by Gasteiger charge is 2.34. The first-order valence-electron chi connectivity index (χ1n) is 9.53. The zero-order chi connectivity index (χ0) is 21.0. The number of amides is 3. The molecule has 0 aliphatic carbocycles. The molecule has 1 saturated heterocycles. The molecule has 8 nitrogen and oxygen atoms in total. The molecule has 1 aromatic heterocycles. The van der Waals surface area contributed by atoms with Gasteiger partial charge >= 0.3 is 11.8 Å². The summed E-state index contributed by atoms with van der Waals surface area (Å²) in [5.74, 6) is -1.72. The van der Waals surface area contributed by atoms with Crippen molar-refractivity contribution in [2.75, 3.05) is 24.2 Å². The number of likely N-dealkylation sites (tertiary alicyclic amines) is 1. The van der Waals surface area contributed by atoms with Gasteiger partial charge in [0.2, 0.25) is 5.91 Å². The van der Waals surface area contributed by atoms with Crippen LogP contribution in [0.25, 0.3) is 0 Å². The third-order valence-electron chi connectivity index (χ3n) is 5.14. The van der Waals surface area contributed by atoms with Crippen molar-refractivity contribution in [2.24, 2.45) is 11.7 Å². The van der Waals surface area contributed by atoms with Crippen LogP contribution in [0.1, 0.15) is 41.7 Å². The van der Waals surface area contributed by atoms with Crippen LogP contribution in [0.15, 0.2) is 42.7 Å². The Kier molecular flexibility index (Phi) is 6.11. The third kappa shape index (κ3) is 4.71. The van der Waals surface area contributed by atoms with Gasteiger partial charge in [0.25, 0.3) is 0 Å². The van der Waals surface area contributed by atoms with Crippen LogP contribution in [0, 0.1) is 5.92 Å². The molecule has 152 valence electrons. The molecule has 0 spiro atoms. The summed E-state index contributed by atoms with van der Waals surface area (Å²) in [6.45, 7) is 2.57. The monoisotopic (exact) mass is 395 g/mol. The van der Waals surface area contributed by atoms with Crippen LogP contribution < -0.4 is 16.4 Å². The van der Waals surface area contributed by atoms with Crippen molar-refractivity contribution in [3.63, 3.8) is 0 Å². The smallest absolute Gasteiger partial charge is 0.313 e. The number of pyridine rings is 1. The van der Waals surface area contributed by atoms with E-state index in [-0.39, 0.29) is 17.3 Å². The second-order valence-corrected chi connectivity index (χ2v) is 7.31. The van der Waals surface area contributed by atoms with E-state index < -0.39 is 17.7 Å². The van der Waals surface area contributed by atoms with Gasteiger partial charge in [-0.3, -0.25) is 19.4 Å². The minimum absolute atomic E-state index is 0.157. The van der Waals surface area contributed by atoms with Crippen molar-refractivity contribution in [2.45, 2.75) is 25.8 Å². The van der Waals surface area contributed by atoms with Gasteiger partial charge in [-0.2, -0.15) is 0 Å². The maximum atomic E-state index is 13.0. The van der Waals surface area contributed by atoms with Crippen molar-refractivity contribution in [1.82, 2.24) is 9.88 Å². The van der Waals surface area contributed by atoms with Crippen LogP contribution in [0.4, 0.5) is 11.4 Å². The molecule has 2 atom stereocenters. The summed E-state index contributed by atoms with van der Waals surface area (Å²) in [5.41, 5.74) is 7.62. The number of hydrogen-bond acceptors (Lipinski definition) is 5. The van der Waals surface area contributed by atoms with Crippen LogP contribution >= 0.6 is 0 Å². The lowest BCUT2D eigenvalue weighted by atomic mass is 9.89. The maximum absolute atomic E-state index is 13.0. The first kappa shape index (κ1) is 20.3. The second-order valence-electron chi connectivity index (χ2n) is 7.31. The van der Waals surface area contributed by atoms with E-state index in [2.05, 4.69) is 22.5 Å². The fourth-order valence-electron chi connectivity index (χ4n) is 3.55. The van der Waals surface area contributed by atoms with Crippen molar-refractivity contribution >= 4 is 29.1 Å². The Morgan fingerprint density at radius 1 is 1.10 bits per heavy atom. The average molecular weight is 395 g/mol. The lowest BCUT2D eigenvalue weighted by Crippen LogP contribution is -2.46. The number of anilines is 2. The largest absolute Gasteiger partial charge is 0.388 e. The number of carbonyl (C=O) groups excluding carboxylic acids is 3. The predicted molar refractivity (Wildman–Crippen MR) is 110 cm³/mol. The van der Waals surface area contributed by atoms with E-state index in [1.165, 1.54) is 18.5 Å². The molecule has 2 heterocycles. The zero-order valence-electron chi connectivity index (χ0n) is 16.5. The fourth-order valence-corrected chi connectivity index (χ4v) is 3.55. The minimum atomic E-state index is -0.764. The van der Waals surface area contributed by atoms with E-state index in [4.69, 9.17) is 5.73 Å². The molecule has 0 radical (unpaired) electrons. The number of benzene rings is 1. The lowest BCUT2D eigenvalue weighted by molar-refractivity contribution is -0.146. The summed E-state index contributed by atoms with van der Waals surface area (Å²) in [6.07, 6.45) is 4.44. The second kappa shape index (κ2) is 8.72. The van der Waals surface area contributed by atoms with Crippen molar-refractivity contribution < 1.29 is 14.4 Å². The van der Waals surface area contributed by atoms with Crippen LogP contribution in [0.3, 0.4) is 0 Å². The standard InChI is InChI=1S/C21H25N5O3/c1-13-3-8-18(14-4-6-16(23-2)7-5-14)26(12-13)21(29)20(28)25-17-9-15(19(22)27)10-24-11-17/h4-7,9-11,13,18,23H,3,8,12H2,1-2H3,(H2,22,27)(H,25,28)/t13-,18+/m0/s1. The number of carbonyl (C=O) groups is 3. The van der Waals surface area contributed by atoms with E-state index in [0.717, 1.165) is 24.1 Å². The molecule has 1 aliphatic rings. The van der Waals surface area contributed by atoms with Crippen LogP contribution in [0.2, 0.25) is 0 Å². The Morgan fingerprint density at radius 3 is 2.48 bits per heavy atom. The summed E-state index contributed by atoms with van der Waals surface area (Å²) in [4.78, 5) is 42.4. The molecule has 4 N–H and O–H groups in total. The van der Waals surface area contributed by atoms with Crippen molar-refractivity contribution in [3.8, 4) is 0 Å². The van der Waals surface area contributed by atoms with E-state index in [1.807, 2.05) is 31.3 Å². The number of piperidine rings is 1. The Labute approximate surface area is 169 Å². The molecule has 1 aliphatic heterocycles. The highest BCUT2D eigenvalue weighted by atomic mass is 16.2. The Hall–Kier alpha value is -3.42. The molecule has 1 aromatic carbocycles. The number of aromatic nitrogens is 1. The molecular weight excluding hydrogens is 370 g/mol. The number of nitrogens with one attached hydrogen (secondary N) is 2. The summed E-state index contributed by atoms with van der Waals surface area (Å²) in [6, 6.07) is 9.10. The van der Waals surface area contributed by atoms with Crippen molar-refractivity contribution in [1.29, 1.82) is 0 Å². The molecule has 0 bridgehead atoms. The van der Waals surface area contributed by atoms with E-state index in [1.54, 1.807) is 4.90 Å². The van der Waals surface area contributed by atoms with Gasteiger partial charge in [-0.25, -0.2) is 0 Å². The zero-order valence-corrected chi connectivity index (χ0v) is 16.5. The van der Waals surface area contributed by atoms with Crippen LogP contribution in [-0.4, -0.2) is 41.2 Å². The average Bonchev–Trinajstić information content (AvgIpc) is 2.73. The van der Waals surface area contributed by atoms with Gasteiger partial charge in [-0.15, -0.1) is 0 Å². The molecule has 3 rings (SSSR count). The third-order valence-corrected chi connectivity index (χ3v) is 5.14. The van der Waals surface area contributed by atoms with Gasteiger partial charge in [-0.05, 0) is 42.5 Å². The Bertz CT molecular complexity index is 913. The topological polar surface area (TPSA) is 117 Å². The van der Waals surface area contributed by atoms with Crippen LogP contribution in [-0.2, 0) is 9.59 Å². The fraction of sp³-hybridized carbons (Fsp3) is 0.333. The first-order chi connectivity index (χ1) is 13.9. The number of primary amides is 1. The van der Waals surface area contributed by atoms with Crippen molar-refractivity contribution in [3.05, 3.63) is 53.9 Å². The molecule has 1 fully saturated rings. The van der Waals surface area contributed by atoms with Gasteiger partial charge in [0.1, 0.15) is 0 Å². The molecule has 0 unspecified atom stereocenters. The van der Waals surface area contributed by atoms with Gasteiger partial charge in [0.05, 0.1) is 23.5 Å². The Balaban J connectivity index is 1.78. The van der Waals surface area contributed by atoms with Crippen LogP contribution in [0.5, 0.6) is 0 Å². The summed E-state index contributed by atoms with van der Waals surface area (Å²) < 4.78 is 0. The number of hydrogen-bond donors (Lipinski definition) is 3. The number of rotatable bonds is 4. The molecule has 8 heteroatoms. The molecule has 2 aromatic rings. The van der Waals surface area contributed by atoms with Gasteiger partial charge in [-0.1, -0.05) is 19.1 Å². The lowest BCUT2D eigenvalue weighted by Gasteiger charge is -2.38. The van der Waals surface area contributed by atoms with Gasteiger partial charge in [0, 0.05) is 25.5 Å². The summed E-state index contributed by atoms with van der Waals surface area (Å²) in [7, 11) is 1.85. The normalized spacial score (nSPS) is 18.8. The summed E-state index contributed by atoms with van der Waals surface area (Å²) >= 11 is 0. The minimum Gasteiger partial charge on any atom is -0.388 e. The quantitative estimate of drug-likeness (QED) is 0.686. The van der Waals surface area contributed by atoms with E-state index in [0.29, 0.717) is 12.5 Å². The van der Waals surface area contributed by atoms with Gasteiger partial charge in [0.15, 0.2) is 0 Å². The highest BCUT2D eigenvalue weighted by molar-refractivity contribution is 6.39. The molecule has 29 heavy (non-hydrogen) atoms. The Morgan fingerprint density at radius 2 is 1.83 bits per heavy atom. The highest BCUT2D eigenvalue weighted by Crippen LogP contribution is 2.34. The number of nitrogens with zero attached hydrogens (tertiary/aromatic N) is 2.